The van der Waals surface area contributed by atoms with E-state index in [0.717, 1.165) is 0 Å². The average molecular weight is 289 g/mol. The van der Waals surface area contributed by atoms with Crippen molar-refractivity contribution in [3.63, 3.8) is 0 Å². The summed E-state index contributed by atoms with van der Waals surface area (Å²) in [6, 6.07) is 1.38. The second-order valence-corrected chi connectivity index (χ2v) is 4.84. The van der Waals surface area contributed by atoms with E-state index in [1.54, 1.807) is 13.8 Å². The molecule has 0 aromatic heterocycles. The molecular formula is C11H13BrO4. The first-order chi connectivity index (χ1) is 7.43. The van der Waals surface area contributed by atoms with Gasteiger partial charge in [0.1, 0.15) is 17.6 Å². The highest BCUT2D eigenvalue weighted by molar-refractivity contribution is 9.10. The van der Waals surface area contributed by atoms with Crippen LogP contribution >= 0.6 is 15.9 Å². The van der Waals surface area contributed by atoms with Crippen LogP contribution in [0.2, 0.25) is 0 Å². The zero-order valence-electron chi connectivity index (χ0n) is 8.94. The van der Waals surface area contributed by atoms with E-state index >= 15 is 0 Å². The van der Waals surface area contributed by atoms with E-state index in [0.29, 0.717) is 15.6 Å². The molecule has 3 atom stereocenters. The predicted octanol–water partition coefficient (Wildman–Crippen LogP) is 2.37. The molecule has 1 aliphatic heterocycles. The van der Waals surface area contributed by atoms with Gasteiger partial charge < -0.3 is 20.1 Å². The van der Waals surface area contributed by atoms with Crippen LogP contribution in [0.25, 0.3) is 0 Å². The smallest absolute Gasteiger partial charge is 0.136 e. The van der Waals surface area contributed by atoms with E-state index in [4.69, 9.17) is 4.74 Å². The zero-order chi connectivity index (χ0) is 12.0. The molecule has 0 aliphatic carbocycles. The van der Waals surface area contributed by atoms with Crippen LogP contribution in [-0.2, 0) is 4.74 Å². The average Bonchev–Trinajstić information content (AvgIpc) is 2.20. The van der Waals surface area contributed by atoms with Crippen LogP contribution in [0.15, 0.2) is 10.5 Å². The number of aromatic hydroxyl groups is 2. The Hall–Kier alpha value is -0.780. The molecule has 0 radical (unpaired) electrons. The van der Waals surface area contributed by atoms with Gasteiger partial charge in [-0.1, -0.05) is 0 Å². The molecule has 1 aromatic carbocycles. The third kappa shape index (κ3) is 1.59. The fraction of sp³-hybridized carbons (Fsp3) is 0.455. The van der Waals surface area contributed by atoms with Crippen molar-refractivity contribution in [3.8, 4) is 11.5 Å². The maximum Gasteiger partial charge on any atom is 0.136 e. The van der Waals surface area contributed by atoms with Crippen molar-refractivity contribution in [2.24, 2.45) is 0 Å². The van der Waals surface area contributed by atoms with E-state index in [-0.39, 0.29) is 17.6 Å². The second kappa shape index (κ2) is 3.91. The van der Waals surface area contributed by atoms with Crippen LogP contribution in [0.3, 0.4) is 0 Å². The minimum Gasteiger partial charge on any atom is -0.508 e. The molecule has 3 N–H and O–H groups in total. The minimum atomic E-state index is -0.926. The standard InChI is InChI=1S/C11H13BrO4/c1-4-8-9(10(14)5(2)16-4)7(13)3-6(12)11(8)15/h3-5,10,13-15H,1-2H3/t4-,5+,10-/m0/s1. The van der Waals surface area contributed by atoms with Gasteiger partial charge in [0, 0.05) is 11.1 Å². The van der Waals surface area contributed by atoms with Gasteiger partial charge in [-0.2, -0.15) is 0 Å². The van der Waals surface area contributed by atoms with Crippen LogP contribution < -0.4 is 0 Å². The first-order valence-electron chi connectivity index (χ1n) is 5.01. The Morgan fingerprint density at radius 2 is 1.88 bits per heavy atom. The van der Waals surface area contributed by atoms with Crippen molar-refractivity contribution in [1.29, 1.82) is 0 Å². The Balaban J connectivity index is 2.70. The lowest BCUT2D eigenvalue weighted by Gasteiger charge is -2.33. The summed E-state index contributed by atoms with van der Waals surface area (Å²) in [5.41, 5.74) is 0.796. The molecule has 0 saturated carbocycles. The quantitative estimate of drug-likeness (QED) is 0.641. The van der Waals surface area contributed by atoms with E-state index < -0.39 is 12.2 Å². The largest absolute Gasteiger partial charge is 0.508 e. The number of halogens is 1. The fourth-order valence-corrected chi connectivity index (χ4v) is 2.51. The van der Waals surface area contributed by atoms with Gasteiger partial charge in [0.25, 0.3) is 0 Å². The number of aliphatic hydroxyl groups is 1. The molecule has 2 rings (SSSR count). The molecule has 1 aromatic rings. The molecule has 0 fully saturated rings. The molecule has 0 amide bonds. The maximum absolute atomic E-state index is 9.93. The Kier molecular flexibility index (Phi) is 2.86. The number of ether oxygens (including phenoxy) is 1. The van der Waals surface area contributed by atoms with Crippen molar-refractivity contribution < 1.29 is 20.1 Å². The monoisotopic (exact) mass is 288 g/mol. The number of aliphatic hydroxyl groups excluding tert-OH is 1. The number of rotatable bonds is 0. The normalized spacial score (nSPS) is 28.9. The van der Waals surface area contributed by atoms with Gasteiger partial charge in [-0.05, 0) is 35.8 Å². The number of fused-ring (bicyclic) bond motifs is 1. The summed E-state index contributed by atoms with van der Waals surface area (Å²) in [6.07, 6.45) is -1.70. The second-order valence-electron chi connectivity index (χ2n) is 3.98. The Morgan fingerprint density at radius 1 is 1.25 bits per heavy atom. The van der Waals surface area contributed by atoms with Crippen LogP contribution in [0, 0.1) is 0 Å². The van der Waals surface area contributed by atoms with E-state index in [1.165, 1.54) is 6.07 Å². The van der Waals surface area contributed by atoms with E-state index in [9.17, 15) is 15.3 Å². The van der Waals surface area contributed by atoms with E-state index in [1.807, 2.05) is 0 Å². The fourth-order valence-electron chi connectivity index (χ4n) is 2.08. The van der Waals surface area contributed by atoms with Crippen LogP contribution in [0.5, 0.6) is 11.5 Å². The Morgan fingerprint density at radius 3 is 2.50 bits per heavy atom. The molecule has 5 heteroatoms. The summed E-state index contributed by atoms with van der Waals surface area (Å²) in [5, 5.41) is 29.6. The molecule has 1 heterocycles. The third-order valence-electron chi connectivity index (χ3n) is 2.88. The van der Waals surface area contributed by atoms with Crippen molar-refractivity contribution in [2.75, 3.05) is 0 Å². The van der Waals surface area contributed by atoms with Crippen molar-refractivity contribution in [2.45, 2.75) is 32.2 Å². The highest BCUT2D eigenvalue weighted by Gasteiger charge is 2.35. The number of benzene rings is 1. The number of phenols is 2. The summed E-state index contributed by atoms with van der Waals surface area (Å²) in [4.78, 5) is 0. The Bertz CT molecular complexity index is 432. The van der Waals surface area contributed by atoms with Crippen LogP contribution in [0.4, 0.5) is 0 Å². The maximum atomic E-state index is 9.93. The van der Waals surface area contributed by atoms with Gasteiger partial charge in [0.2, 0.25) is 0 Å². The summed E-state index contributed by atoms with van der Waals surface area (Å²) in [7, 11) is 0. The van der Waals surface area contributed by atoms with Crippen LogP contribution in [0.1, 0.15) is 37.2 Å². The molecule has 4 nitrogen and oxygen atoms in total. The first kappa shape index (κ1) is 11.7. The SMILES string of the molecule is C[C@@H]1O[C@H](C)[C@H](O)c2c(O)cc(Br)c(O)c21. The lowest BCUT2D eigenvalue weighted by atomic mass is 9.91. The van der Waals surface area contributed by atoms with Crippen molar-refractivity contribution >= 4 is 15.9 Å². The summed E-state index contributed by atoms with van der Waals surface area (Å²) in [5.74, 6) is -0.0274. The zero-order valence-corrected chi connectivity index (χ0v) is 10.5. The molecule has 0 spiro atoms. The molecule has 1 aliphatic rings. The summed E-state index contributed by atoms with van der Waals surface area (Å²) >= 11 is 3.14. The molecule has 0 saturated heterocycles. The van der Waals surface area contributed by atoms with Crippen LogP contribution in [-0.4, -0.2) is 21.4 Å². The number of hydrogen-bond acceptors (Lipinski definition) is 4. The van der Waals surface area contributed by atoms with Gasteiger partial charge in [0.15, 0.2) is 0 Å². The number of hydrogen-bond donors (Lipinski definition) is 3. The van der Waals surface area contributed by atoms with Crippen molar-refractivity contribution in [1.82, 2.24) is 0 Å². The summed E-state index contributed by atoms with van der Waals surface area (Å²) in [6.45, 7) is 3.50. The number of phenolic OH excluding ortho intramolecular Hbond substituents is 2. The minimum absolute atomic E-state index is 0.00579. The first-order valence-corrected chi connectivity index (χ1v) is 5.80. The highest BCUT2D eigenvalue weighted by Crippen LogP contribution is 2.47. The Labute approximate surface area is 102 Å². The van der Waals surface area contributed by atoms with Gasteiger partial charge in [-0.25, -0.2) is 0 Å². The highest BCUT2D eigenvalue weighted by atomic mass is 79.9. The molecular weight excluding hydrogens is 276 g/mol. The third-order valence-corrected chi connectivity index (χ3v) is 3.48. The lowest BCUT2D eigenvalue weighted by Crippen LogP contribution is -2.27. The lowest BCUT2D eigenvalue weighted by molar-refractivity contribution is -0.0825. The van der Waals surface area contributed by atoms with Gasteiger partial charge in [-0.15, -0.1) is 0 Å². The van der Waals surface area contributed by atoms with E-state index in [2.05, 4.69) is 15.9 Å². The molecule has 88 valence electrons. The van der Waals surface area contributed by atoms with Gasteiger partial charge in [0.05, 0.1) is 16.7 Å². The summed E-state index contributed by atoms with van der Waals surface area (Å²) < 4.78 is 5.86. The van der Waals surface area contributed by atoms with Gasteiger partial charge >= 0.3 is 0 Å². The predicted molar refractivity (Wildman–Crippen MR) is 61.4 cm³/mol. The van der Waals surface area contributed by atoms with Gasteiger partial charge in [-0.3, -0.25) is 0 Å². The topological polar surface area (TPSA) is 69.9 Å². The molecule has 0 unspecified atom stereocenters. The van der Waals surface area contributed by atoms with Crippen molar-refractivity contribution in [3.05, 3.63) is 21.7 Å². The molecule has 16 heavy (non-hydrogen) atoms. The molecule has 0 bridgehead atoms.